The van der Waals surface area contributed by atoms with E-state index in [2.05, 4.69) is 12.1 Å². The van der Waals surface area contributed by atoms with Crippen molar-refractivity contribution in [1.82, 2.24) is 0 Å². The molecule has 0 atom stereocenters. The average Bonchev–Trinajstić information content (AvgIpc) is 2.29. The van der Waals surface area contributed by atoms with E-state index in [1.54, 1.807) is 0 Å². The second-order valence-electron chi connectivity index (χ2n) is 3.59. The lowest BCUT2D eigenvalue weighted by molar-refractivity contribution is 0.302. The number of ether oxygens (including phenoxy) is 1. The topological polar surface area (TPSA) is 9.23 Å². The lowest BCUT2D eigenvalue weighted by Gasteiger charge is -2.20. The molecule has 2 aromatic rings. The van der Waals surface area contributed by atoms with Crippen LogP contribution in [-0.2, 0) is 6.61 Å². The van der Waals surface area contributed by atoms with Crippen molar-refractivity contribution in [2.45, 2.75) is 6.61 Å². The number of hydrogen-bond donors (Lipinski definition) is 0. The van der Waals surface area contributed by atoms with Crippen LogP contribution in [0.15, 0.2) is 42.5 Å². The lowest BCUT2D eigenvalue weighted by Crippen LogP contribution is -2.04. The van der Waals surface area contributed by atoms with Crippen molar-refractivity contribution in [2.75, 3.05) is 0 Å². The molecule has 1 nitrogen and oxygen atoms in total. The Morgan fingerprint density at radius 1 is 1.00 bits per heavy atom. The Balaban J connectivity index is 2.28. The quantitative estimate of drug-likeness (QED) is 0.649. The van der Waals surface area contributed by atoms with Gasteiger partial charge in [0.2, 0.25) is 0 Å². The molecule has 0 saturated carbocycles. The Morgan fingerprint density at radius 3 is 2.80 bits per heavy atom. The van der Waals surface area contributed by atoms with E-state index >= 15 is 0 Å². The molecule has 0 radical (unpaired) electrons. The van der Waals surface area contributed by atoms with Gasteiger partial charge in [-0.2, -0.15) is 0 Å². The summed E-state index contributed by atoms with van der Waals surface area (Å²) in [4.78, 5) is 0. The highest BCUT2D eigenvalue weighted by molar-refractivity contribution is 6.31. The molecule has 0 aromatic heterocycles. The second-order valence-corrected chi connectivity index (χ2v) is 4.02. The summed E-state index contributed by atoms with van der Waals surface area (Å²) in [5.74, 6) is 0.915. The molecule has 15 heavy (non-hydrogen) atoms. The minimum Gasteiger partial charge on any atom is -0.488 e. The summed E-state index contributed by atoms with van der Waals surface area (Å²) in [7, 11) is 0. The number of hydrogen-bond acceptors (Lipinski definition) is 1. The third-order valence-electron chi connectivity index (χ3n) is 2.63. The smallest absolute Gasteiger partial charge is 0.127 e. The number of benzene rings is 2. The molecule has 1 aliphatic heterocycles. The number of fused-ring (bicyclic) bond motifs is 3. The Bertz CT molecular complexity index is 520. The van der Waals surface area contributed by atoms with Crippen molar-refractivity contribution in [2.24, 2.45) is 0 Å². The van der Waals surface area contributed by atoms with E-state index in [1.807, 2.05) is 30.3 Å². The molecule has 0 fully saturated rings. The zero-order valence-electron chi connectivity index (χ0n) is 8.03. The molecule has 0 spiro atoms. The summed E-state index contributed by atoms with van der Waals surface area (Å²) >= 11 is 5.99. The van der Waals surface area contributed by atoms with Crippen LogP contribution < -0.4 is 4.74 Å². The normalized spacial score (nSPS) is 12.6. The minimum absolute atomic E-state index is 0.644. The fraction of sp³-hybridized carbons (Fsp3) is 0.0769. The monoisotopic (exact) mass is 216 g/mol. The van der Waals surface area contributed by atoms with E-state index in [0.717, 1.165) is 16.3 Å². The van der Waals surface area contributed by atoms with Crippen LogP contribution >= 0.6 is 11.6 Å². The largest absolute Gasteiger partial charge is 0.488 e. The van der Waals surface area contributed by atoms with Gasteiger partial charge in [-0.15, -0.1) is 0 Å². The van der Waals surface area contributed by atoms with Crippen LogP contribution in [0.25, 0.3) is 11.1 Å². The van der Waals surface area contributed by atoms with Gasteiger partial charge in [-0.3, -0.25) is 0 Å². The molecule has 0 N–H and O–H groups in total. The van der Waals surface area contributed by atoms with Gasteiger partial charge in [0.25, 0.3) is 0 Å². The van der Waals surface area contributed by atoms with Crippen LogP contribution in [0.2, 0.25) is 5.02 Å². The van der Waals surface area contributed by atoms with Gasteiger partial charge in [-0.25, -0.2) is 0 Å². The third-order valence-corrected chi connectivity index (χ3v) is 2.87. The summed E-state index contributed by atoms with van der Waals surface area (Å²) in [6.07, 6.45) is 0. The molecular weight excluding hydrogens is 208 g/mol. The van der Waals surface area contributed by atoms with Crippen molar-refractivity contribution in [3.05, 3.63) is 53.1 Å². The molecule has 0 amide bonds. The standard InChI is InChI=1S/C13H9ClO/c14-10-5-6-13-12(7-10)11-4-2-1-3-9(11)8-15-13/h1-7H,8H2. The SMILES string of the molecule is Clc1ccc2c(c1)-c1ccccc1CO2. The lowest BCUT2D eigenvalue weighted by atomic mass is 9.97. The second kappa shape index (κ2) is 3.28. The molecule has 1 heterocycles. The molecular formula is C13H9ClO. The molecule has 1 aliphatic rings. The fourth-order valence-corrected chi connectivity index (χ4v) is 2.08. The summed E-state index contributed by atoms with van der Waals surface area (Å²) in [6, 6.07) is 14.0. The van der Waals surface area contributed by atoms with Gasteiger partial charge >= 0.3 is 0 Å². The summed E-state index contributed by atoms with van der Waals surface area (Å²) in [5, 5.41) is 0.744. The number of halogens is 1. The van der Waals surface area contributed by atoms with E-state index in [0.29, 0.717) is 6.61 Å². The van der Waals surface area contributed by atoms with E-state index in [-0.39, 0.29) is 0 Å². The van der Waals surface area contributed by atoms with Gasteiger partial charge in [0.15, 0.2) is 0 Å². The highest BCUT2D eigenvalue weighted by Crippen LogP contribution is 2.38. The van der Waals surface area contributed by atoms with Gasteiger partial charge in [-0.05, 0) is 29.3 Å². The third kappa shape index (κ3) is 1.40. The van der Waals surface area contributed by atoms with Crippen molar-refractivity contribution < 1.29 is 4.74 Å². The summed E-state index contributed by atoms with van der Waals surface area (Å²) in [6.45, 7) is 0.644. The molecule has 0 aliphatic carbocycles. The van der Waals surface area contributed by atoms with Crippen LogP contribution in [0.5, 0.6) is 5.75 Å². The molecule has 2 aromatic carbocycles. The first-order valence-corrected chi connectivity index (χ1v) is 5.23. The Morgan fingerprint density at radius 2 is 1.87 bits per heavy atom. The Labute approximate surface area is 93.3 Å². The molecule has 0 saturated heterocycles. The van der Waals surface area contributed by atoms with Gasteiger partial charge in [-0.1, -0.05) is 35.9 Å². The van der Waals surface area contributed by atoms with Gasteiger partial charge < -0.3 is 4.74 Å². The number of rotatable bonds is 0. The van der Waals surface area contributed by atoms with Gasteiger partial charge in [0, 0.05) is 10.6 Å². The van der Waals surface area contributed by atoms with Crippen molar-refractivity contribution in [1.29, 1.82) is 0 Å². The van der Waals surface area contributed by atoms with E-state index in [9.17, 15) is 0 Å². The Hall–Kier alpha value is -1.47. The first-order valence-electron chi connectivity index (χ1n) is 4.85. The predicted octanol–water partition coefficient (Wildman–Crippen LogP) is 3.90. The van der Waals surface area contributed by atoms with E-state index < -0.39 is 0 Å². The highest BCUT2D eigenvalue weighted by atomic mass is 35.5. The van der Waals surface area contributed by atoms with Crippen LogP contribution in [-0.4, -0.2) is 0 Å². The molecule has 0 unspecified atom stereocenters. The first kappa shape index (κ1) is 8.81. The molecule has 0 bridgehead atoms. The maximum Gasteiger partial charge on any atom is 0.127 e. The Kier molecular flexibility index (Phi) is 1.93. The molecule has 3 rings (SSSR count). The zero-order chi connectivity index (χ0) is 10.3. The van der Waals surface area contributed by atoms with E-state index in [1.165, 1.54) is 11.1 Å². The van der Waals surface area contributed by atoms with Crippen molar-refractivity contribution >= 4 is 11.6 Å². The minimum atomic E-state index is 0.644. The summed E-state index contributed by atoms with van der Waals surface area (Å²) < 4.78 is 5.65. The average molecular weight is 217 g/mol. The maximum absolute atomic E-state index is 5.99. The van der Waals surface area contributed by atoms with Crippen LogP contribution in [0, 0.1) is 0 Å². The van der Waals surface area contributed by atoms with Gasteiger partial charge in [0.05, 0.1) is 0 Å². The van der Waals surface area contributed by atoms with Crippen molar-refractivity contribution in [3.63, 3.8) is 0 Å². The first-order chi connectivity index (χ1) is 7.34. The maximum atomic E-state index is 5.99. The van der Waals surface area contributed by atoms with Crippen LogP contribution in [0.1, 0.15) is 5.56 Å². The predicted molar refractivity (Wildman–Crippen MR) is 61.2 cm³/mol. The summed E-state index contributed by atoms with van der Waals surface area (Å²) in [5.41, 5.74) is 3.53. The molecule has 2 heteroatoms. The van der Waals surface area contributed by atoms with Gasteiger partial charge in [0.1, 0.15) is 12.4 Å². The van der Waals surface area contributed by atoms with Crippen molar-refractivity contribution in [3.8, 4) is 16.9 Å². The highest BCUT2D eigenvalue weighted by Gasteiger charge is 2.16. The molecule has 74 valence electrons. The zero-order valence-corrected chi connectivity index (χ0v) is 8.79. The van der Waals surface area contributed by atoms with E-state index in [4.69, 9.17) is 16.3 Å². The fourth-order valence-electron chi connectivity index (χ4n) is 1.90. The van der Waals surface area contributed by atoms with Crippen LogP contribution in [0.3, 0.4) is 0 Å². The van der Waals surface area contributed by atoms with Crippen LogP contribution in [0.4, 0.5) is 0 Å².